The van der Waals surface area contributed by atoms with Gasteiger partial charge in [0.1, 0.15) is 0 Å². The molecule has 0 bridgehead atoms. The van der Waals surface area contributed by atoms with Gasteiger partial charge in [-0.25, -0.2) is 13.1 Å². The molecule has 0 aliphatic heterocycles. The van der Waals surface area contributed by atoms with Gasteiger partial charge in [-0.1, -0.05) is 6.07 Å². The van der Waals surface area contributed by atoms with E-state index in [-0.39, 0.29) is 10.6 Å². The zero-order valence-corrected chi connectivity index (χ0v) is 11.4. The highest BCUT2D eigenvalue weighted by atomic mass is 32.2. The van der Waals surface area contributed by atoms with E-state index < -0.39 is 9.84 Å². The molecule has 1 aliphatic rings. The summed E-state index contributed by atoms with van der Waals surface area (Å²) in [7, 11) is -3.33. The van der Waals surface area contributed by atoms with Crippen LogP contribution in [0.25, 0.3) is 5.69 Å². The summed E-state index contributed by atoms with van der Waals surface area (Å²) in [5.41, 5.74) is 7.86. The van der Waals surface area contributed by atoms with Crippen molar-refractivity contribution in [3.63, 3.8) is 0 Å². The standard InChI is InChI=1S/C13H15N3O2S/c1-19(17,18)12-4-2-3-11(13(12)14)16-8-7-10(15-16)9-5-6-9/h2-4,7-9H,5-6,14H2,1H3. The van der Waals surface area contributed by atoms with Crippen molar-refractivity contribution >= 4 is 15.5 Å². The Morgan fingerprint density at radius 2 is 2.05 bits per heavy atom. The van der Waals surface area contributed by atoms with Gasteiger partial charge in [0.2, 0.25) is 0 Å². The van der Waals surface area contributed by atoms with E-state index in [1.165, 1.54) is 18.9 Å². The third-order valence-corrected chi connectivity index (χ3v) is 4.45. The fraction of sp³-hybridized carbons (Fsp3) is 0.308. The number of nitrogen functional groups attached to an aromatic ring is 1. The molecule has 0 spiro atoms. The van der Waals surface area contributed by atoms with Crippen molar-refractivity contribution in [2.75, 3.05) is 12.0 Å². The Labute approximate surface area is 112 Å². The van der Waals surface area contributed by atoms with Crippen LogP contribution < -0.4 is 5.73 Å². The summed E-state index contributed by atoms with van der Waals surface area (Å²) in [6.45, 7) is 0. The van der Waals surface area contributed by atoms with Gasteiger partial charge in [-0.15, -0.1) is 0 Å². The van der Waals surface area contributed by atoms with E-state index in [1.807, 2.05) is 12.3 Å². The van der Waals surface area contributed by atoms with Crippen molar-refractivity contribution in [2.24, 2.45) is 0 Å². The molecule has 100 valence electrons. The summed E-state index contributed by atoms with van der Waals surface area (Å²) in [5, 5.41) is 4.47. The van der Waals surface area contributed by atoms with Crippen LogP contribution in [0.1, 0.15) is 24.5 Å². The van der Waals surface area contributed by atoms with Crippen LogP contribution in [0.2, 0.25) is 0 Å². The molecule has 1 saturated carbocycles. The molecular formula is C13H15N3O2S. The first-order valence-corrected chi connectivity index (χ1v) is 8.00. The third kappa shape index (κ3) is 2.23. The van der Waals surface area contributed by atoms with E-state index in [1.54, 1.807) is 16.8 Å². The van der Waals surface area contributed by atoms with E-state index in [0.29, 0.717) is 11.6 Å². The molecule has 1 aliphatic carbocycles. The Bertz CT molecular complexity index is 730. The molecule has 0 radical (unpaired) electrons. The van der Waals surface area contributed by atoms with E-state index in [2.05, 4.69) is 5.10 Å². The number of nitrogens with two attached hydrogens (primary N) is 1. The van der Waals surface area contributed by atoms with Gasteiger partial charge in [0.25, 0.3) is 0 Å². The number of rotatable bonds is 3. The summed E-state index contributed by atoms with van der Waals surface area (Å²) in [4.78, 5) is 0.147. The second-order valence-corrected chi connectivity index (χ2v) is 6.90. The Balaban J connectivity index is 2.09. The van der Waals surface area contributed by atoms with Gasteiger partial charge >= 0.3 is 0 Å². The smallest absolute Gasteiger partial charge is 0.177 e. The first-order valence-electron chi connectivity index (χ1n) is 6.11. The predicted octanol–water partition coefficient (Wildman–Crippen LogP) is 1.74. The number of nitrogens with zero attached hydrogens (tertiary/aromatic N) is 2. The van der Waals surface area contributed by atoms with E-state index in [0.717, 1.165) is 11.9 Å². The minimum atomic E-state index is -3.33. The van der Waals surface area contributed by atoms with Gasteiger partial charge < -0.3 is 5.73 Å². The Morgan fingerprint density at radius 3 is 2.68 bits per heavy atom. The van der Waals surface area contributed by atoms with Crippen LogP contribution in [0.4, 0.5) is 5.69 Å². The van der Waals surface area contributed by atoms with Crippen LogP contribution in [0.15, 0.2) is 35.4 Å². The lowest BCUT2D eigenvalue weighted by atomic mass is 10.3. The quantitative estimate of drug-likeness (QED) is 0.867. The third-order valence-electron chi connectivity index (χ3n) is 3.29. The molecule has 6 heteroatoms. The molecule has 1 heterocycles. The zero-order valence-electron chi connectivity index (χ0n) is 10.6. The van der Waals surface area contributed by atoms with Crippen molar-refractivity contribution < 1.29 is 8.42 Å². The zero-order chi connectivity index (χ0) is 13.6. The van der Waals surface area contributed by atoms with Crippen LogP contribution >= 0.6 is 0 Å². The molecule has 0 atom stereocenters. The van der Waals surface area contributed by atoms with Crippen LogP contribution in [0.5, 0.6) is 0 Å². The molecule has 1 fully saturated rings. The average molecular weight is 277 g/mol. The van der Waals surface area contributed by atoms with Gasteiger partial charge in [0, 0.05) is 18.4 Å². The summed E-state index contributed by atoms with van der Waals surface area (Å²) in [6.07, 6.45) is 5.33. The van der Waals surface area contributed by atoms with Gasteiger partial charge in [0.15, 0.2) is 9.84 Å². The number of hydrogen-bond acceptors (Lipinski definition) is 4. The first kappa shape index (κ1) is 12.2. The molecule has 5 nitrogen and oxygen atoms in total. The monoisotopic (exact) mass is 277 g/mol. The van der Waals surface area contributed by atoms with Crippen LogP contribution in [-0.2, 0) is 9.84 Å². The maximum Gasteiger partial charge on any atom is 0.177 e. The Hall–Kier alpha value is -1.82. The number of hydrogen-bond donors (Lipinski definition) is 1. The lowest BCUT2D eigenvalue weighted by Gasteiger charge is -2.09. The average Bonchev–Trinajstić information content (AvgIpc) is 3.07. The number of sulfone groups is 1. The topological polar surface area (TPSA) is 78.0 Å². The molecule has 3 rings (SSSR count). The van der Waals surface area contributed by atoms with E-state index >= 15 is 0 Å². The van der Waals surface area contributed by atoms with Crippen LogP contribution in [0, 0.1) is 0 Å². The van der Waals surface area contributed by atoms with Gasteiger partial charge in [-0.2, -0.15) is 5.10 Å². The second-order valence-electron chi connectivity index (χ2n) is 4.92. The SMILES string of the molecule is CS(=O)(=O)c1cccc(-n2ccc(C3CC3)n2)c1N. The minimum Gasteiger partial charge on any atom is -0.396 e. The first-order chi connectivity index (χ1) is 8.97. The lowest BCUT2D eigenvalue weighted by molar-refractivity contribution is 0.602. The number of benzene rings is 1. The highest BCUT2D eigenvalue weighted by Gasteiger charge is 2.26. The molecule has 0 saturated heterocycles. The summed E-state index contributed by atoms with van der Waals surface area (Å²) < 4.78 is 25.0. The molecule has 2 aromatic rings. The number of para-hydroxylation sites is 1. The summed E-state index contributed by atoms with van der Waals surface area (Å²) in [6, 6.07) is 6.93. The highest BCUT2D eigenvalue weighted by Crippen LogP contribution is 2.39. The van der Waals surface area contributed by atoms with Crippen LogP contribution in [0.3, 0.4) is 0 Å². The maximum absolute atomic E-state index is 11.7. The summed E-state index contributed by atoms with van der Waals surface area (Å²) in [5.74, 6) is 0.556. The number of anilines is 1. The van der Waals surface area contributed by atoms with Crippen molar-refractivity contribution in [3.05, 3.63) is 36.2 Å². The Kier molecular flexibility index (Phi) is 2.63. The molecular weight excluding hydrogens is 262 g/mol. The Morgan fingerprint density at radius 1 is 1.32 bits per heavy atom. The van der Waals surface area contributed by atoms with Gasteiger partial charge in [-0.3, -0.25) is 0 Å². The van der Waals surface area contributed by atoms with Gasteiger partial charge in [0.05, 0.1) is 22.0 Å². The largest absolute Gasteiger partial charge is 0.396 e. The molecule has 1 aromatic carbocycles. The molecule has 0 amide bonds. The molecule has 0 unspecified atom stereocenters. The van der Waals surface area contributed by atoms with Crippen molar-refractivity contribution in [1.82, 2.24) is 9.78 Å². The molecule has 2 N–H and O–H groups in total. The van der Waals surface area contributed by atoms with E-state index in [4.69, 9.17) is 5.73 Å². The summed E-state index contributed by atoms with van der Waals surface area (Å²) >= 11 is 0. The van der Waals surface area contributed by atoms with Gasteiger partial charge in [-0.05, 0) is 31.0 Å². The lowest BCUT2D eigenvalue weighted by Crippen LogP contribution is -2.07. The molecule has 19 heavy (non-hydrogen) atoms. The second kappa shape index (κ2) is 4.09. The van der Waals surface area contributed by atoms with Crippen molar-refractivity contribution in [1.29, 1.82) is 0 Å². The number of aromatic nitrogens is 2. The highest BCUT2D eigenvalue weighted by molar-refractivity contribution is 7.90. The fourth-order valence-electron chi connectivity index (χ4n) is 2.12. The fourth-order valence-corrected chi connectivity index (χ4v) is 2.95. The van der Waals surface area contributed by atoms with Crippen LogP contribution in [-0.4, -0.2) is 24.5 Å². The van der Waals surface area contributed by atoms with Crippen molar-refractivity contribution in [3.8, 4) is 5.69 Å². The van der Waals surface area contributed by atoms with Crippen molar-refractivity contribution in [2.45, 2.75) is 23.7 Å². The predicted molar refractivity (Wildman–Crippen MR) is 73.1 cm³/mol. The normalized spacial score (nSPS) is 15.6. The molecule has 1 aromatic heterocycles. The minimum absolute atomic E-state index is 0.147. The maximum atomic E-state index is 11.7. The van der Waals surface area contributed by atoms with E-state index in [9.17, 15) is 8.42 Å².